The van der Waals surface area contributed by atoms with Crippen LogP contribution in [0.15, 0.2) is 28.9 Å². The predicted molar refractivity (Wildman–Crippen MR) is 78.2 cm³/mol. The Hall–Kier alpha value is -2.04. The first-order chi connectivity index (χ1) is 10.0. The molecule has 0 radical (unpaired) electrons. The molecular formula is C16H21NO4. The van der Waals surface area contributed by atoms with Gasteiger partial charge in [-0.1, -0.05) is 13.8 Å². The molecule has 114 valence electrons. The quantitative estimate of drug-likeness (QED) is 0.631. The van der Waals surface area contributed by atoms with Gasteiger partial charge in [0.05, 0.1) is 6.26 Å². The molecule has 2 atom stereocenters. The highest BCUT2D eigenvalue weighted by Gasteiger charge is 2.25. The van der Waals surface area contributed by atoms with Crippen LogP contribution in [-0.4, -0.2) is 36.5 Å². The predicted octanol–water partition coefficient (Wildman–Crippen LogP) is 2.34. The van der Waals surface area contributed by atoms with Gasteiger partial charge in [0.25, 0.3) is 5.91 Å². The van der Waals surface area contributed by atoms with Crippen molar-refractivity contribution in [2.45, 2.75) is 20.3 Å². The largest absolute Gasteiger partial charge is 0.465 e. The summed E-state index contributed by atoms with van der Waals surface area (Å²) in [5.74, 6) is 0.877. The first-order valence-electron chi connectivity index (χ1n) is 7.20. The number of esters is 1. The number of amides is 1. The van der Waals surface area contributed by atoms with E-state index >= 15 is 0 Å². The second-order valence-corrected chi connectivity index (χ2v) is 5.70. The molecule has 0 unspecified atom stereocenters. The van der Waals surface area contributed by atoms with Crippen LogP contribution in [-0.2, 0) is 14.3 Å². The lowest BCUT2D eigenvalue weighted by Gasteiger charge is -2.34. The molecule has 0 aromatic carbocycles. The molecule has 1 aliphatic heterocycles. The van der Waals surface area contributed by atoms with Crippen LogP contribution in [0.5, 0.6) is 0 Å². The summed E-state index contributed by atoms with van der Waals surface area (Å²) < 4.78 is 10.0. The summed E-state index contributed by atoms with van der Waals surface area (Å²) in [5.41, 5.74) is 0. The highest BCUT2D eigenvalue weighted by atomic mass is 16.5. The summed E-state index contributed by atoms with van der Waals surface area (Å²) >= 11 is 0. The lowest BCUT2D eigenvalue weighted by molar-refractivity contribution is -0.149. The molecule has 1 aliphatic rings. The molecule has 0 bridgehead atoms. The summed E-state index contributed by atoms with van der Waals surface area (Å²) in [4.78, 5) is 25.3. The fraction of sp³-hybridized carbons (Fsp3) is 0.500. The third-order valence-electron chi connectivity index (χ3n) is 3.49. The molecule has 0 spiro atoms. The molecule has 5 nitrogen and oxygen atoms in total. The molecule has 1 amide bonds. The minimum atomic E-state index is -0.544. The molecule has 1 saturated heterocycles. The summed E-state index contributed by atoms with van der Waals surface area (Å²) in [7, 11) is 0. The van der Waals surface area contributed by atoms with Gasteiger partial charge in [-0.2, -0.15) is 0 Å². The Kier molecular flexibility index (Phi) is 5.20. The maximum atomic E-state index is 12.0. The van der Waals surface area contributed by atoms with Crippen LogP contribution in [0.3, 0.4) is 0 Å². The SMILES string of the molecule is C[C@@H]1C[C@@H](C)CN(C(=O)COC(=O)/C=C/c2ccco2)C1. The third kappa shape index (κ3) is 4.77. The van der Waals surface area contributed by atoms with Crippen molar-refractivity contribution in [3.05, 3.63) is 30.2 Å². The number of furan rings is 1. The van der Waals surface area contributed by atoms with Gasteiger partial charge in [0, 0.05) is 19.2 Å². The molecule has 0 N–H and O–H groups in total. The molecule has 1 aromatic heterocycles. The normalized spacial score (nSPS) is 22.5. The van der Waals surface area contributed by atoms with Crippen LogP contribution in [0.2, 0.25) is 0 Å². The summed E-state index contributed by atoms with van der Waals surface area (Å²) in [6, 6.07) is 3.46. The first-order valence-corrected chi connectivity index (χ1v) is 7.20. The van der Waals surface area contributed by atoms with Gasteiger partial charge < -0.3 is 14.1 Å². The van der Waals surface area contributed by atoms with Gasteiger partial charge in [-0.25, -0.2) is 4.79 Å². The Labute approximate surface area is 124 Å². The minimum absolute atomic E-state index is 0.131. The van der Waals surface area contributed by atoms with Crippen molar-refractivity contribution in [3.8, 4) is 0 Å². The smallest absolute Gasteiger partial charge is 0.331 e. The number of likely N-dealkylation sites (tertiary alicyclic amines) is 1. The summed E-state index contributed by atoms with van der Waals surface area (Å²) in [6.45, 7) is 5.54. The van der Waals surface area contributed by atoms with E-state index in [1.165, 1.54) is 18.4 Å². The van der Waals surface area contributed by atoms with E-state index in [0.29, 0.717) is 17.6 Å². The van der Waals surface area contributed by atoms with Crippen molar-refractivity contribution < 1.29 is 18.7 Å². The monoisotopic (exact) mass is 291 g/mol. The zero-order valence-corrected chi connectivity index (χ0v) is 12.5. The fourth-order valence-corrected chi connectivity index (χ4v) is 2.68. The van der Waals surface area contributed by atoms with E-state index < -0.39 is 5.97 Å². The Balaban J connectivity index is 1.77. The Morgan fingerprint density at radius 3 is 2.71 bits per heavy atom. The number of hydrogen-bond donors (Lipinski definition) is 0. The maximum absolute atomic E-state index is 12.0. The molecule has 21 heavy (non-hydrogen) atoms. The maximum Gasteiger partial charge on any atom is 0.331 e. The van der Waals surface area contributed by atoms with E-state index in [1.54, 1.807) is 17.0 Å². The standard InChI is InChI=1S/C16H21NO4/c1-12-8-13(2)10-17(9-12)15(18)11-21-16(19)6-5-14-4-3-7-20-14/h3-7,12-13H,8-11H2,1-2H3/b6-5+/t12-,13-/m1/s1. The van der Waals surface area contributed by atoms with Crippen LogP contribution in [0.25, 0.3) is 6.08 Å². The number of ether oxygens (including phenoxy) is 1. The van der Waals surface area contributed by atoms with Crippen LogP contribution in [0.1, 0.15) is 26.0 Å². The van der Waals surface area contributed by atoms with Crippen molar-refractivity contribution >= 4 is 18.0 Å². The topological polar surface area (TPSA) is 59.8 Å². The number of carbonyl (C=O) groups is 2. The molecule has 1 fully saturated rings. The van der Waals surface area contributed by atoms with Gasteiger partial charge in [-0.3, -0.25) is 4.79 Å². The van der Waals surface area contributed by atoms with Crippen LogP contribution in [0.4, 0.5) is 0 Å². The van der Waals surface area contributed by atoms with E-state index in [4.69, 9.17) is 9.15 Å². The number of nitrogens with zero attached hydrogens (tertiary/aromatic N) is 1. The van der Waals surface area contributed by atoms with Crippen molar-refractivity contribution in [1.82, 2.24) is 4.90 Å². The molecule has 1 aromatic rings. The van der Waals surface area contributed by atoms with E-state index in [2.05, 4.69) is 13.8 Å². The lowest BCUT2D eigenvalue weighted by Crippen LogP contribution is -2.44. The fourth-order valence-electron chi connectivity index (χ4n) is 2.68. The lowest BCUT2D eigenvalue weighted by atomic mass is 9.92. The Morgan fingerprint density at radius 2 is 2.10 bits per heavy atom. The van der Waals surface area contributed by atoms with Gasteiger partial charge >= 0.3 is 5.97 Å². The highest BCUT2D eigenvalue weighted by Crippen LogP contribution is 2.20. The average molecular weight is 291 g/mol. The van der Waals surface area contributed by atoms with Crippen molar-refractivity contribution in [2.24, 2.45) is 11.8 Å². The van der Waals surface area contributed by atoms with Crippen LogP contribution in [0, 0.1) is 11.8 Å². The van der Waals surface area contributed by atoms with E-state index in [9.17, 15) is 9.59 Å². The van der Waals surface area contributed by atoms with Gasteiger partial charge in [0.2, 0.25) is 0 Å². The zero-order chi connectivity index (χ0) is 15.2. The number of carbonyl (C=O) groups excluding carboxylic acids is 2. The summed E-state index contributed by atoms with van der Waals surface area (Å²) in [6.07, 6.45) is 5.42. The molecule has 0 aliphatic carbocycles. The van der Waals surface area contributed by atoms with Crippen molar-refractivity contribution in [1.29, 1.82) is 0 Å². The Bertz CT molecular complexity index is 496. The van der Waals surface area contributed by atoms with E-state index in [1.807, 2.05) is 0 Å². The second-order valence-electron chi connectivity index (χ2n) is 5.70. The van der Waals surface area contributed by atoms with Crippen LogP contribution >= 0.6 is 0 Å². The molecule has 2 rings (SSSR count). The zero-order valence-electron chi connectivity index (χ0n) is 12.5. The second kappa shape index (κ2) is 7.11. The molecule has 0 saturated carbocycles. The third-order valence-corrected chi connectivity index (χ3v) is 3.49. The van der Waals surface area contributed by atoms with Crippen molar-refractivity contribution in [3.63, 3.8) is 0 Å². The summed E-state index contributed by atoms with van der Waals surface area (Å²) in [5, 5.41) is 0. The van der Waals surface area contributed by atoms with Gasteiger partial charge in [-0.15, -0.1) is 0 Å². The van der Waals surface area contributed by atoms with Crippen molar-refractivity contribution in [2.75, 3.05) is 19.7 Å². The molecule has 5 heteroatoms. The number of rotatable bonds is 4. The minimum Gasteiger partial charge on any atom is -0.465 e. The van der Waals surface area contributed by atoms with Gasteiger partial charge in [-0.05, 0) is 36.5 Å². The Morgan fingerprint density at radius 1 is 1.38 bits per heavy atom. The van der Waals surface area contributed by atoms with Gasteiger partial charge in [0.1, 0.15) is 5.76 Å². The van der Waals surface area contributed by atoms with Gasteiger partial charge in [0.15, 0.2) is 6.61 Å². The average Bonchev–Trinajstić information content (AvgIpc) is 2.94. The van der Waals surface area contributed by atoms with E-state index in [-0.39, 0.29) is 12.5 Å². The number of piperidine rings is 1. The first kappa shape index (κ1) is 15.4. The van der Waals surface area contributed by atoms with E-state index in [0.717, 1.165) is 19.5 Å². The molecular weight excluding hydrogens is 270 g/mol. The number of hydrogen-bond acceptors (Lipinski definition) is 4. The highest BCUT2D eigenvalue weighted by molar-refractivity contribution is 5.88. The van der Waals surface area contributed by atoms with Crippen LogP contribution < -0.4 is 0 Å². The molecule has 2 heterocycles.